The molecule has 0 aliphatic rings. The molecule has 0 saturated heterocycles. The summed E-state index contributed by atoms with van der Waals surface area (Å²) in [6, 6.07) is 5.56. The van der Waals surface area contributed by atoms with Gasteiger partial charge in [-0.1, -0.05) is 29.3 Å². The summed E-state index contributed by atoms with van der Waals surface area (Å²) in [7, 11) is 1.91. The molecule has 1 N–H and O–H groups in total. The second-order valence-corrected chi connectivity index (χ2v) is 5.12. The molecule has 2 aromatic rings. The van der Waals surface area contributed by atoms with Crippen LogP contribution in [0, 0.1) is 6.92 Å². The molecule has 1 aromatic carbocycles. The third kappa shape index (κ3) is 2.62. The van der Waals surface area contributed by atoms with Crippen LogP contribution in [0.2, 0.25) is 10.0 Å². The largest absolute Gasteiger partial charge is 0.376 e. The highest BCUT2D eigenvalue weighted by atomic mass is 35.5. The molecule has 1 atom stereocenters. The molecule has 0 amide bonds. The number of nitrogens with one attached hydrogen (secondary N) is 1. The van der Waals surface area contributed by atoms with Gasteiger partial charge in [0.25, 0.3) is 0 Å². The van der Waals surface area contributed by atoms with Gasteiger partial charge in [0, 0.05) is 18.8 Å². The first-order valence-electron chi connectivity index (χ1n) is 5.69. The van der Waals surface area contributed by atoms with Crippen LogP contribution in [-0.4, -0.2) is 9.78 Å². The van der Waals surface area contributed by atoms with Gasteiger partial charge >= 0.3 is 0 Å². The highest BCUT2D eigenvalue weighted by Gasteiger charge is 2.14. The van der Waals surface area contributed by atoms with E-state index in [0.717, 1.165) is 16.9 Å². The van der Waals surface area contributed by atoms with Crippen LogP contribution < -0.4 is 5.32 Å². The zero-order valence-corrected chi connectivity index (χ0v) is 12.0. The van der Waals surface area contributed by atoms with Crippen molar-refractivity contribution in [1.29, 1.82) is 0 Å². The highest BCUT2D eigenvalue weighted by molar-refractivity contribution is 6.39. The Balaban J connectivity index is 2.26. The Morgan fingerprint density at radius 1 is 1.28 bits per heavy atom. The second-order valence-electron chi connectivity index (χ2n) is 4.31. The van der Waals surface area contributed by atoms with E-state index >= 15 is 0 Å². The lowest BCUT2D eigenvalue weighted by Crippen LogP contribution is -2.08. The van der Waals surface area contributed by atoms with E-state index in [4.69, 9.17) is 23.2 Å². The average Bonchev–Trinajstić information content (AvgIpc) is 2.63. The van der Waals surface area contributed by atoms with E-state index in [2.05, 4.69) is 17.3 Å². The SMILES string of the molecule is Cc1nn(C)cc1C(C)Nc1c(Cl)cccc1Cl. The molecule has 0 spiro atoms. The molecule has 1 heterocycles. The molecule has 5 heteroatoms. The molecule has 2 rings (SSSR count). The number of hydrogen-bond acceptors (Lipinski definition) is 2. The zero-order chi connectivity index (χ0) is 13.3. The second kappa shape index (κ2) is 5.21. The van der Waals surface area contributed by atoms with Crippen LogP contribution in [0.1, 0.15) is 24.2 Å². The van der Waals surface area contributed by atoms with Crippen LogP contribution in [0.3, 0.4) is 0 Å². The van der Waals surface area contributed by atoms with Gasteiger partial charge in [-0.05, 0) is 26.0 Å². The Morgan fingerprint density at radius 2 is 1.89 bits per heavy atom. The summed E-state index contributed by atoms with van der Waals surface area (Å²) in [5.74, 6) is 0. The quantitative estimate of drug-likeness (QED) is 0.915. The van der Waals surface area contributed by atoms with Crippen molar-refractivity contribution in [3.05, 3.63) is 45.7 Å². The van der Waals surface area contributed by atoms with Crippen LogP contribution in [0.25, 0.3) is 0 Å². The minimum absolute atomic E-state index is 0.0936. The van der Waals surface area contributed by atoms with Crippen LogP contribution >= 0.6 is 23.2 Å². The molecule has 0 bridgehead atoms. The first kappa shape index (κ1) is 13.2. The normalized spacial score (nSPS) is 12.5. The predicted molar refractivity (Wildman–Crippen MR) is 76.4 cm³/mol. The molecule has 3 nitrogen and oxygen atoms in total. The maximum Gasteiger partial charge on any atom is 0.0723 e. The molecule has 0 saturated carbocycles. The van der Waals surface area contributed by atoms with Gasteiger partial charge in [-0.3, -0.25) is 4.68 Å². The minimum atomic E-state index is 0.0936. The number of nitrogens with zero attached hydrogens (tertiary/aromatic N) is 2. The van der Waals surface area contributed by atoms with Crippen molar-refractivity contribution in [1.82, 2.24) is 9.78 Å². The molecule has 1 unspecified atom stereocenters. The zero-order valence-electron chi connectivity index (χ0n) is 10.5. The summed E-state index contributed by atoms with van der Waals surface area (Å²) in [5.41, 5.74) is 2.89. The molecule has 0 aliphatic carbocycles. The maximum atomic E-state index is 6.14. The van der Waals surface area contributed by atoms with Gasteiger partial charge in [-0.25, -0.2) is 0 Å². The molecule has 18 heavy (non-hydrogen) atoms. The first-order chi connectivity index (χ1) is 8.49. The highest BCUT2D eigenvalue weighted by Crippen LogP contribution is 2.33. The summed E-state index contributed by atoms with van der Waals surface area (Å²) < 4.78 is 1.80. The predicted octanol–water partition coefficient (Wildman–Crippen LogP) is 4.21. The lowest BCUT2D eigenvalue weighted by molar-refractivity contribution is 0.756. The molecule has 0 radical (unpaired) electrons. The van der Waals surface area contributed by atoms with Crippen molar-refractivity contribution in [3.8, 4) is 0 Å². The van der Waals surface area contributed by atoms with Crippen molar-refractivity contribution < 1.29 is 0 Å². The minimum Gasteiger partial charge on any atom is -0.376 e. The number of anilines is 1. The Kier molecular flexibility index (Phi) is 3.83. The topological polar surface area (TPSA) is 29.9 Å². The van der Waals surface area contributed by atoms with E-state index in [1.54, 1.807) is 4.68 Å². The van der Waals surface area contributed by atoms with Crippen LogP contribution in [0.4, 0.5) is 5.69 Å². The molecule has 0 aliphatic heterocycles. The maximum absolute atomic E-state index is 6.14. The molecule has 1 aromatic heterocycles. The Morgan fingerprint density at radius 3 is 2.39 bits per heavy atom. The van der Waals surface area contributed by atoms with Crippen molar-refractivity contribution in [3.63, 3.8) is 0 Å². The smallest absolute Gasteiger partial charge is 0.0723 e. The third-order valence-electron chi connectivity index (χ3n) is 2.84. The lowest BCUT2D eigenvalue weighted by atomic mass is 10.1. The fourth-order valence-corrected chi connectivity index (χ4v) is 2.48. The van der Waals surface area contributed by atoms with E-state index in [9.17, 15) is 0 Å². The monoisotopic (exact) mass is 283 g/mol. The van der Waals surface area contributed by atoms with Crippen molar-refractivity contribution in [2.45, 2.75) is 19.9 Å². The first-order valence-corrected chi connectivity index (χ1v) is 6.45. The van der Waals surface area contributed by atoms with E-state index < -0.39 is 0 Å². The van der Waals surface area contributed by atoms with E-state index in [0.29, 0.717) is 10.0 Å². The average molecular weight is 284 g/mol. The number of aromatic nitrogens is 2. The molecule has 0 fully saturated rings. The Bertz CT molecular complexity index is 543. The summed E-state index contributed by atoms with van der Waals surface area (Å²) in [6.45, 7) is 4.05. The summed E-state index contributed by atoms with van der Waals surface area (Å²) in [6.07, 6.45) is 2.00. The number of aryl methyl sites for hydroxylation is 2. The lowest BCUT2D eigenvalue weighted by Gasteiger charge is -2.17. The Hall–Kier alpha value is -1.19. The van der Waals surface area contributed by atoms with Gasteiger partial charge in [-0.2, -0.15) is 5.10 Å². The van der Waals surface area contributed by atoms with E-state index in [-0.39, 0.29) is 6.04 Å². The fourth-order valence-electron chi connectivity index (χ4n) is 1.97. The number of para-hydroxylation sites is 1. The van der Waals surface area contributed by atoms with E-state index in [1.807, 2.05) is 38.4 Å². The van der Waals surface area contributed by atoms with Gasteiger partial charge in [0.2, 0.25) is 0 Å². The molecular weight excluding hydrogens is 269 g/mol. The fraction of sp³-hybridized carbons (Fsp3) is 0.308. The number of halogens is 2. The van der Waals surface area contributed by atoms with Gasteiger partial charge in [0.1, 0.15) is 0 Å². The summed E-state index contributed by atoms with van der Waals surface area (Å²) in [5, 5.41) is 8.90. The number of benzene rings is 1. The van der Waals surface area contributed by atoms with Crippen LogP contribution in [0.5, 0.6) is 0 Å². The van der Waals surface area contributed by atoms with Gasteiger partial charge in [0.05, 0.1) is 27.5 Å². The number of rotatable bonds is 3. The van der Waals surface area contributed by atoms with Crippen LogP contribution in [0.15, 0.2) is 24.4 Å². The summed E-state index contributed by atoms with van der Waals surface area (Å²) in [4.78, 5) is 0. The molecule has 96 valence electrons. The van der Waals surface area contributed by atoms with Crippen molar-refractivity contribution >= 4 is 28.9 Å². The van der Waals surface area contributed by atoms with Crippen LogP contribution in [-0.2, 0) is 7.05 Å². The summed E-state index contributed by atoms with van der Waals surface area (Å²) >= 11 is 12.3. The van der Waals surface area contributed by atoms with E-state index in [1.165, 1.54) is 0 Å². The standard InChI is InChI=1S/C13H15Cl2N3/c1-8(10-7-18(3)17-9(10)2)16-13-11(14)5-4-6-12(13)15/h4-8,16H,1-3H3. The van der Waals surface area contributed by atoms with Gasteiger partial charge in [0.15, 0.2) is 0 Å². The molecular formula is C13H15Cl2N3. The Labute approximate surface area is 117 Å². The number of hydrogen-bond donors (Lipinski definition) is 1. The van der Waals surface area contributed by atoms with Crippen molar-refractivity contribution in [2.24, 2.45) is 7.05 Å². The van der Waals surface area contributed by atoms with Crippen molar-refractivity contribution in [2.75, 3.05) is 5.32 Å². The third-order valence-corrected chi connectivity index (χ3v) is 3.47. The van der Waals surface area contributed by atoms with Gasteiger partial charge < -0.3 is 5.32 Å². The van der Waals surface area contributed by atoms with Gasteiger partial charge in [-0.15, -0.1) is 0 Å².